The van der Waals surface area contributed by atoms with Crippen LogP contribution in [-0.2, 0) is 4.79 Å². The van der Waals surface area contributed by atoms with Gasteiger partial charge in [-0.2, -0.15) is 0 Å². The second kappa shape index (κ2) is 8.17. The van der Waals surface area contributed by atoms with Crippen LogP contribution in [0.4, 0.5) is 0 Å². The molecule has 0 bridgehead atoms. The Hall–Kier alpha value is -2.27. The van der Waals surface area contributed by atoms with Gasteiger partial charge in [-0.15, -0.1) is 0 Å². The molecule has 2 aliphatic rings. The number of aryl methyl sites for hydroxylation is 1. The highest BCUT2D eigenvalue weighted by Crippen LogP contribution is 2.29. The van der Waals surface area contributed by atoms with Crippen LogP contribution in [0.1, 0.15) is 42.9 Å². The van der Waals surface area contributed by atoms with Gasteiger partial charge in [-0.1, -0.05) is 24.3 Å². The van der Waals surface area contributed by atoms with E-state index in [4.69, 9.17) is 4.98 Å². The van der Waals surface area contributed by atoms with Gasteiger partial charge < -0.3 is 4.90 Å². The molecular weight excluding hydrogens is 336 g/mol. The van der Waals surface area contributed by atoms with Crippen LogP contribution >= 0.6 is 0 Å². The smallest absolute Gasteiger partial charge is 0.236 e. The Morgan fingerprint density at radius 1 is 1.07 bits per heavy atom. The first kappa shape index (κ1) is 18.1. The van der Waals surface area contributed by atoms with Crippen LogP contribution in [0.5, 0.6) is 0 Å². The van der Waals surface area contributed by atoms with Crippen molar-refractivity contribution >= 4 is 5.91 Å². The first-order valence-corrected chi connectivity index (χ1v) is 10.1. The van der Waals surface area contributed by atoms with Crippen molar-refractivity contribution in [2.45, 2.75) is 38.5 Å². The molecule has 0 unspecified atom stereocenters. The van der Waals surface area contributed by atoms with Crippen LogP contribution < -0.4 is 0 Å². The highest BCUT2D eigenvalue weighted by Gasteiger charge is 2.26. The van der Waals surface area contributed by atoms with E-state index in [0.717, 1.165) is 56.0 Å². The van der Waals surface area contributed by atoms with Crippen LogP contribution in [0.2, 0.25) is 0 Å². The molecule has 1 aromatic carbocycles. The zero-order valence-corrected chi connectivity index (χ0v) is 16.1. The summed E-state index contributed by atoms with van der Waals surface area (Å²) in [6.45, 7) is 6.50. The average Bonchev–Trinajstić information content (AvgIpc) is 3.21. The first-order chi connectivity index (χ1) is 13.2. The monoisotopic (exact) mass is 364 g/mol. The third-order valence-electron chi connectivity index (χ3n) is 5.90. The van der Waals surface area contributed by atoms with Gasteiger partial charge in [-0.25, -0.2) is 4.98 Å². The molecular formula is C22H28N4O. The average molecular weight is 364 g/mol. The van der Waals surface area contributed by atoms with Crippen LogP contribution in [0.15, 0.2) is 36.7 Å². The molecule has 1 aromatic heterocycles. The second-order valence-electron chi connectivity index (χ2n) is 7.78. The van der Waals surface area contributed by atoms with Gasteiger partial charge in [0.05, 0.1) is 24.1 Å². The number of rotatable bonds is 4. The third-order valence-corrected chi connectivity index (χ3v) is 5.90. The minimum atomic E-state index is 0.287. The molecule has 1 amide bonds. The van der Waals surface area contributed by atoms with E-state index in [-0.39, 0.29) is 5.91 Å². The van der Waals surface area contributed by atoms with E-state index in [1.807, 2.05) is 29.4 Å². The highest BCUT2D eigenvalue weighted by molar-refractivity contribution is 5.78. The van der Waals surface area contributed by atoms with Gasteiger partial charge in [0.2, 0.25) is 5.91 Å². The Balaban J connectivity index is 1.39. The summed E-state index contributed by atoms with van der Waals surface area (Å²) < 4.78 is 0. The zero-order valence-electron chi connectivity index (χ0n) is 16.1. The molecule has 5 heteroatoms. The van der Waals surface area contributed by atoms with E-state index < -0.39 is 0 Å². The van der Waals surface area contributed by atoms with Crippen LogP contribution in [0.25, 0.3) is 11.3 Å². The zero-order chi connectivity index (χ0) is 18.6. The normalized spacial score (nSPS) is 18.8. The lowest BCUT2D eigenvalue weighted by Gasteiger charge is -2.32. The molecule has 3 heterocycles. The van der Waals surface area contributed by atoms with Gasteiger partial charge in [0.25, 0.3) is 0 Å². The van der Waals surface area contributed by atoms with Gasteiger partial charge in [-0.05, 0) is 51.3 Å². The molecule has 2 aromatic rings. The molecule has 0 atom stereocenters. The van der Waals surface area contributed by atoms with Crippen molar-refractivity contribution in [2.75, 3.05) is 32.7 Å². The van der Waals surface area contributed by atoms with Crippen LogP contribution in [0, 0.1) is 6.92 Å². The largest absolute Gasteiger partial charge is 0.342 e. The van der Waals surface area contributed by atoms with E-state index in [9.17, 15) is 4.79 Å². The fraction of sp³-hybridized carbons (Fsp3) is 0.500. The Labute approximate surface area is 161 Å². The number of amides is 1. The van der Waals surface area contributed by atoms with Crippen molar-refractivity contribution < 1.29 is 4.79 Å². The Morgan fingerprint density at radius 3 is 2.56 bits per heavy atom. The molecule has 0 saturated carbocycles. The Kier molecular flexibility index (Phi) is 5.48. The quantitative estimate of drug-likeness (QED) is 0.836. The second-order valence-corrected chi connectivity index (χ2v) is 7.78. The van der Waals surface area contributed by atoms with Crippen molar-refractivity contribution in [3.05, 3.63) is 47.9 Å². The molecule has 5 nitrogen and oxygen atoms in total. The number of carbonyl (C=O) groups is 1. The van der Waals surface area contributed by atoms with Gasteiger partial charge in [0.1, 0.15) is 0 Å². The maximum Gasteiger partial charge on any atom is 0.236 e. The summed E-state index contributed by atoms with van der Waals surface area (Å²) in [7, 11) is 0. The summed E-state index contributed by atoms with van der Waals surface area (Å²) in [4.78, 5) is 26.2. The van der Waals surface area contributed by atoms with E-state index in [0.29, 0.717) is 12.5 Å². The molecule has 0 radical (unpaired) electrons. The summed E-state index contributed by atoms with van der Waals surface area (Å²) in [6, 6.07) is 8.29. The molecule has 0 aliphatic carbocycles. The number of hydrogen-bond acceptors (Lipinski definition) is 4. The summed E-state index contributed by atoms with van der Waals surface area (Å²) in [6.07, 6.45) is 8.14. The summed E-state index contributed by atoms with van der Waals surface area (Å²) in [5.74, 6) is 0.674. The van der Waals surface area contributed by atoms with Gasteiger partial charge in [0.15, 0.2) is 0 Å². The third kappa shape index (κ3) is 4.19. The van der Waals surface area contributed by atoms with Crippen LogP contribution in [0.3, 0.4) is 0 Å². The molecule has 2 saturated heterocycles. The minimum absolute atomic E-state index is 0.287. The summed E-state index contributed by atoms with van der Waals surface area (Å²) >= 11 is 0. The SMILES string of the molecule is Cc1ccccc1-c1cncc(C2CCN(C(=O)CN3CCCC3)CC2)n1. The predicted molar refractivity (Wildman–Crippen MR) is 106 cm³/mol. The van der Waals surface area contributed by atoms with Crippen molar-refractivity contribution in [3.8, 4) is 11.3 Å². The van der Waals surface area contributed by atoms with E-state index in [1.54, 1.807) is 0 Å². The molecule has 0 N–H and O–H groups in total. The number of nitrogens with zero attached hydrogens (tertiary/aromatic N) is 4. The Morgan fingerprint density at radius 2 is 1.81 bits per heavy atom. The van der Waals surface area contributed by atoms with Crippen molar-refractivity contribution in [3.63, 3.8) is 0 Å². The summed E-state index contributed by atoms with van der Waals surface area (Å²) in [5, 5.41) is 0. The maximum absolute atomic E-state index is 12.5. The van der Waals surface area contributed by atoms with E-state index in [2.05, 4.69) is 28.9 Å². The number of hydrogen-bond donors (Lipinski definition) is 0. The fourth-order valence-electron chi connectivity index (χ4n) is 4.22. The number of aromatic nitrogens is 2. The fourth-order valence-corrected chi connectivity index (χ4v) is 4.22. The number of likely N-dealkylation sites (tertiary alicyclic amines) is 2. The summed E-state index contributed by atoms with van der Waals surface area (Å²) in [5.41, 5.74) is 4.36. The predicted octanol–water partition coefficient (Wildman–Crippen LogP) is 3.25. The lowest BCUT2D eigenvalue weighted by Crippen LogP contribution is -2.43. The highest BCUT2D eigenvalue weighted by atomic mass is 16.2. The van der Waals surface area contributed by atoms with Crippen LogP contribution in [-0.4, -0.2) is 58.4 Å². The lowest BCUT2D eigenvalue weighted by molar-refractivity contribution is -0.133. The topological polar surface area (TPSA) is 49.3 Å². The molecule has 142 valence electrons. The number of benzene rings is 1. The van der Waals surface area contributed by atoms with E-state index in [1.165, 1.54) is 18.4 Å². The minimum Gasteiger partial charge on any atom is -0.342 e. The molecule has 0 spiro atoms. The van der Waals surface area contributed by atoms with Crippen molar-refractivity contribution in [2.24, 2.45) is 0 Å². The molecule has 27 heavy (non-hydrogen) atoms. The first-order valence-electron chi connectivity index (χ1n) is 10.1. The van der Waals surface area contributed by atoms with Crippen molar-refractivity contribution in [1.29, 1.82) is 0 Å². The molecule has 2 fully saturated rings. The van der Waals surface area contributed by atoms with Crippen molar-refractivity contribution in [1.82, 2.24) is 19.8 Å². The number of carbonyl (C=O) groups excluding carboxylic acids is 1. The molecule has 4 rings (SSSR count). The van der Waals surface area contributed by atoms with Gasteiger partial charge >= 0.3 is 0 Å². The Bertz CT molecular complexity index is 792. The standard InChI is InChI=1S/C22H28N4O/c1-17-6-2-3-7-19(17)21-15-23-14-20(24-21)18-8-12-26(13-9-18)22(27)16-25-10-4-5-11-25/h2-3,6-7,14-15,18H,4-5,8-13,16H2,1H3. The molecule has 2 aliphatic heterocycles. The maximum atomic E-state index is 12.5. The van der Waals surface area contributed by atoms with E-state index >= 15 is 0 Å². The lowest BCUT2D eigenvalue weighted by atomic mass is 9.93. The van der Waals surface area contributed by atoms with Gasteiger partial charge in [-0.3, -0.25) is 14.7 Å². The number of piperidine rings is 1. The van der Waals surface area contributed by atoms with Gasteiger partial charge in [0, 0.05) is 30.8 Å².